The van der Waals surface area contributed by atoms with E-state index < -0.39 is 30.8 Å². The monoisotopic (exact) mass is 333 g/mol. The smallest absolute Gasteiger partial charge is 0.425 e. The van der Waals surface area contributed by atoms with E-state index in [1.165, 1.54) is 24.3 Å². The summed E-state index contributed by atoms with van der Waals surface area (Å²) in [5.74, 6) is -1.05. The van der Waals surface area contributed by atoms with Crippen molar-refractivity contribution in [1.29, 1.82) is 0 Å². The number of hydrogen-bond acceptors (Lipinski definition) is 4. The van der Waals surface area contributed by atoms with E-state index in [1.807, 2.05) is 0 Å². The zero-order chi connectivity index (χ0) is 17.3. The topological polar surface area (TPSA) is 55.8 Å². The summed E-state index contributed by atoms with van der Waals surface area (Å²) in [5, 5.41) is 9.65. The first kappa shape index (κ1) is 19.4. The predicted molar refractivity (Wildman–Crippen MR) is 76.9 cm³/mol. The first-order valence-electron chi connectivity index (χ1n) is 7.34. The number of ether oxygens (including phenoxy) is 2. The van der Waals surface area contributed by atoms with Crippen molar-refractivity contribution in [1.82, 2.24) is 0 Å². The number of halogens is 3. The summed E-state index contributed by atoms with van der Waals surface area (Å²) in [7, 11) is 0. The van der Waals surface area contributed by atoms with Crippen LogP contribution in [0.25, 0.3) is 0 Å². The SMILES string of the molecule is CCOCCC(O)CCC(OC(=O)c1cc[c]cc1)C(F)(F)F. The number of alkyl halides is 3. The molecule has 0 aliphatic heterocycles. The second kappa shape index (κ2) is 9.52. The predicted octanol–water partition coefficient (Wildman–Crippen LogP) is 3.14. The lowest BCUT2D eigenvalue weighted by Gasteiger charge is -2.22. The van der Waals surface area contributed by atoms with Crippen molar-refractivity contribution in [3.63, 3.8) is 0 Å². The molecule has 23 heavy (non-hydrogen) atoms. The van der Waals surface area contributed by atoms with Crippen LogP contribution in [0.5, 0.6) is 0 Å². The summed E-state index contributed by atoms with van der Waals surface area (Å²) < 4.78 is 48.5. The van der Waals surface area contributed by atoms with Gasteiger partial charge in [0.2, 0.25) is 0 Å². The molecule has 4 nitrogen and oxygen atoms in total. The zero-order valence-corrected chi connectivity index (χ0v) is 12.8. The molecule has 0 aliphatic carbocycles. The number of benzene rings is 1. The molecule has 1 aromatic carbocycles. The standard InChI is InChI=1S/C16H20F3O4/c1-2-22-11-10-13(20)8-9-14(16(17,18)19)23-15(21)12-6-4-3-5-7-12/h4-7,13-14,20H,2,8-11H2,1H3. The lowest BCUT2D eigenvalue weighted by atomic mass is 10.1. The van der Waals surface area contributed by atoms with Crippen LogP contribution in [0.15, 0.2) is 24.3 Å². The number of esters is 1. The van der Waals surface area contributed by atoms with Crippen molar-refractivity contribution in [2.45, 2.75) is 44.6 Å². The Morgan fingerprint density at radius 1 is 1.26 bits per heavy atom. The molecule has 0 spiro atoms. The van der Waals surface area contributed by atoms with E-state index in [9.17, 15) is 23.1 Å². The van der Waals surface area contributed by atoms with E-state index in [-0.39, 0.29) is 25.0 Å². The average molecular weight is 333 g/mol. The lowest BCUT2D eigenvalue weighted by molar-refractivity contribution is -0.207. The van der Waals surface area contributed by atoms with E-state index in [1.54, 1.807) is 6.92 Å². The maximum Gasteiger partial charge on any atom is 0.425 e. The van der Waals surface area contributed by atoms with Gasteiger partial charge in [0.25, 0.3) is 0 Å². The molecular weight excluding hydrogens is 313 g/mol. The van der Waals surface area contributed by atoms with Crippen LogP contribution in [0, 0.1) is 6.07 Å². The van der Waals surface area contributed by atoms with Crippen molar-refractivity contribution in [2.24, 2.45) is 0 Å². The molecule has 0 amide bonds. The van der Waals surface area contributed by atoms with Crippen molar-refractivity contribution < 1.29 is 32.5 Å². The second-order valence-corrected chi connectivity index (χ2v) is 4.94. The van der Waals surface area contributed by atoms with Gasteiger partial charge < -0.3 is 14.6 Å². The van der Waals surface area contributed by atoms with Crippen LogP contribution in [-0.2, 0) is 9.47 Å². The van der Waals surface area contributed by atoms with Crippen molar-refractivity contribution in [2.75, 3.05) is 13.2 Å². The summed E-state index contributed by atoms with van der Waals surface area (Å²) in [6.07, 6.45) is -8.26. The molecule has 129 valence electrons. The molecule has 0 aliphatic rings. The van der Waals surface area contributed by atoms with Crippen molar-refractivity contribution >= 4 is 5.97 Å². The Morgan fingerprint density at radius 2 is 1.91 bits per heavy atom. The molecule has 0 heterocycles. The highest BCUT2D eigenvalue weighted by molar-refractivity contribution is 5.89. The van der Waals surface area contributed by atoms with Gasteiger partial charge in [0.05, 0.1) is 11.7 Å². The molecule has 0 aromatic heterocycles. The molecule has 2 atom stereocenters. The number of hydrogen-bond donors (Lipinski definition) is 1. The highest BCUT2D eigenvalue weighted by atomic mass is 19.4. The molecule has 7 heteroatoms. The van der Waals surface area contributed by atoms with E-state index >= 15 is 0 Å². The van der Waals surface area contributed by atoms with Crippen molar-refractivity contribution in [3.8, 4) is 0 Å². The fourth-order valence-electron chi connectivity index (χ4n) is 1.86. The third-order valence-electron chi connectivity index (χ3n) is 3.13. The highest BCUT2D eigenvalue weighted by Crippen LogP contribution is 2.28. The quantitative estimate of drug-likeness (QED) is 0.557. The van der Waals surface area contributed by atoms with Gasteiger partial charge in [-0.25, -0.2) is 4.79 Å². The first-order valence-corrected chi connectivity index (χ1v) is 7.34. The first-order chi connectivity index (χ1) is 10.8. The molecule has 0 saturated heterocycles. The summed E-state index contributed by atoms with van der Waals surface area (Å²) in [5.41, 5.74) is 0.0231. The highest BCUT2D eigenvalue weighted by Gasteiger charge is 2.42. The van der Waals surface area contributed by atoms with E-state index in [0.29, 0.717) is 6.61 Å². The fraction of sp³-hybridized carbons (Fsp3) is 0.562. The Hall–Kier alpha value is -1.60. The minimum absolute atomic E-state index is 0.0231. The van der Waals surface area contributed by atoms with Gasteiger partial charge in [0.1, 0.15) is 0 Å². The summed E-state index contributed by atoms with van der Waals surface area (Å²) in [6.45, 7) is 2.53. The lowest BCUT2D eigenvalue weighted by Crippen LogP contribution is -2.34. The van der Waals surface area contributed by atoms with Crippen LogP contribution >= 0.6 is 0 Å². The van der Waals surface area contributed by atoms with Gasteiger partial charge in [-0.3, -0.25) is 0 Å². The molecule has 0 bridgehead atoms. The minimum Gasteiger partial charge on any atom is -0.449 e. The van der Waals surface area contributed by atoms with Crippen LogP contribution in [0.2, 0.25) is 0 Å². The van der Waals surface area contributed by atoms with Crippen LogP contribution in [0.1, 0.15) is 36.5 Å². The fourth-order valence-corrected chi connectivity index (χ4v) is 1.86. The van der Waals surface area contributed by atoms with Gasteiger partial charge in [0.15, 0.2) is 6.10 Å². The largest absolute Gasteiger partial charge is 0.449 e. The van der Waals surface area contributed by atoms with Gasteiger partial charge in [-0.1, -0.05) is 12.1 Å². The van der Waals surface area contributed by atoms with Gasteiger partial charge >= 0.3 is 12.1 Å². The number of carbonyl (C=O) groups excluding carboxylic acids is 1. The summed E-state index contributed by atoms with van der Waals surface area (Å²) in [4.78, 5) is 11.7. The minimum atomic E-state index is -4.68. The van der Waals surface area contributed by atoms with Crippen molar-refractivity contribution in [3.05, 3.63) is 35.9 Å². The van der Waals surface area contributed by atoms with E-state index in [2.05, 4.69) is 10.8 Å². The van der Waals surface area contributed by atoms with Gasteiger partial charge in [0, 0.05) is 13.2 Å². The van der Waals surface area contributed by atoms with Crippen LogP contribution in [0.4, 0.5) is 13.2 Å². The maximum atomic E-state index is 13.0. The average Bonchev–Trinajstić information content (AvgIpc) is 2.51. The Balaban J connectivity index is 2.55. The Kier molecular flexibility index (Phi) is 8.05. The third-order valence-corrected chi connectivity index (χ3v) is 3.13. The number of carbonyl (C=O) groups is 1. The summed E-state index contributed by atoms with van der Waals surface area (Å²) >= 11 is 0. The third kappa shape index (κ3) is 7.47. The zero-order valence-electron chi connectivity index (χ0n) is 12.8. The number of aliphatic hydroxyl groups excluding tert-OH is 1. The molecular formula is C16H20F3O4. The maximum absolute atomic E-state index is 13.0. The molecule has 1 N–H and O–H groups in total. The van der Waals surface area contributed by atoms with Gasteiger partial charge in [-0.15, -0.1) is 0 Å². The molecule has 1 rings (SSSR count). The molecule has 0 saturated carbocycles. The second-order valence-electron chi connectivity index (χ2n) is 4.94. The Bertz CT molecular complexity index is 462. The van der Waals surface area contributed by atoms with Crippen LogP contribution in [-0.4, -0.2) is 42.7 Å². The normalized spacial score (nSPS) is 14.3. The van der Waals surface area contributed by atoms with E-state index in [0.717, 1.165) is 0 Å². The summed E-state index contributed by atoms with van der Waals surface area (Å²) in [6, 6.07) is 8.14. The Labute approximate surface area is 133 Å². The van der Waals surface area contributed by atoms with Crippen LogP contribution in [0.3, 0.4) is 0 Å². The molecule has 1 radical (unpaired) electrons. The van der Waals surface area contributed by atoms with E-state index in [4.69, 9.17) is 4.74 Å². The number of rotatable bonds is 9. The Morgan fingerprint density at radius 3 is 2.48 bits per heavy atom. The molecule has 0 fully saturated rings. The molecule has 2 unspecified atom stereocenters. The van der Waals surface area contributed by atoms with Gasteiger partial charge in [-0.2, -0.15) is 13.2 Å². The van der Waals surface area contributed by atoms with Gasteiger partial charge in [-0.05, 0) is 44.4 Å². The number of aliphatic hydroxyl groups is 1. The molecule has 1 aromatic rings. The van der Waals surface area contributed by atoms with Crippen LogP contribution < -0.4 is 0 Å².